The highest BCUT2D eigenvalue weighted by molar-refractivity contribution is 5.81. The van der Waals surface area contributed by atoms with Crippen molar-refractivity contribution in [3.8, 4) is 0 Å². The van der Waals surface area contributed by atoms with E-state index in [2.05, 4.69) is 44.5 Å². The lowest BCUT2D eigenvalue weighted by Gasteiger charge is -2.25. The molecule has 126 valence electrons. The maximum Gasteiger partial charge on any atom is 0.136 e. The van der Waals surface area contributed by atoms with E-state index in [9.17, 15) is 4.79 Å². The number of hydrogen-bond donors (Lipinski definition) is 1. The van der Waals surface area contributed by atoms with Crippen LogP contribution in [-0.2, 0) is 4.79 Å². The average molecular weight is 306 g/mol. The second-order valence-corrected chi connectivity index (χ2v) is 6.79. The number of allylic oxidation sites excluding steroid dienone is 2. The molecule has 0 radical (unpaired) electrons. The molecule has 1 N–H and O–H groups in total. The van der Waals surface area contributed by atoms with Crippen LogP contribution >= 0.6 is 0 Å². The van der Waals surface area contributed by atoms with Crippen LogP contribution in [0.1, 0.15) is 58.8 Å². The van der Waals surface area contributed by atoms with E-state index in [0.29, 0.717) is 17.6 Å². The van der Waals surface area contributed by atoms with Crippen molar-refractivity contribution >= 4 is 5.78 Å². The first-order valence-corrected chi connectivity index (χ1v) is 9.10. The van der Waals surface area contributed by atoms with Crippen LogP contribution < -0.4 is 5.32 Å². The number of hydrogen-bond acceptors (Lipinski definition) is 2. The average Bonchev–Trinajstić information content (AvgIpc) is 2.91. The van der Waals surface area contributed by atoms with Crippen molar-refractivity contribution in [2.75, 3.05) is 13.1 Å². The van der Waals surface area contributed by atoms with Crippen molar-refractivity contribution in [1.29, 1.82) is 0 Å². The maximum absolute atomic E-state index is 12.5. The minimum Gasteiger partial charge on any atom is -0.317 e. The van der Waals surface area contributed by atoms with Gasteiger partial charge in [-0.3, -0.25) is 4.79 Å². The number of carbonyl (C=O) groups is 1. The summed E-state index contributed by atoms with van der Waals surface area (Å²) in [5.74, 6) is 3.08. The fourth-order valence-corrected chi connectivity index (χ4v) is 4.04. The van der Waals surface area contributed by atoms with E-state index in [1.54, 1.807) is 0 Å². The van der Waals surface area contributed by atoms with E-state index in [0.717, 1.165) is 50.6 Å². The molecular formula is C20H35NO. The van der Waals surface area contributed by atoms with E-state index in [1.165, 1.54) is 19.3 Å². The predicted octanol–water partition coefficient (Wildman–Crippen LogP) is 4.77. The Hall–Kier alpha value is -0.890. The van der Waals surface area contributed by atoms with Gasteiger partial charge in [0.2, 0.25) is 0 Å². The Bertz CT molecular complexity index is 344. The van der Waals surface area contributed by atoms with Gasteiger partial charge in [0, 0.05) is 12.3 Å². The van der Waals surface area contributed by atoms with Gasteiger partial charge in [-0.1, -0.05) is 32.4 Å². The summed E-state index contributed by atoms with van der Waals surface area (Å²) < 4.78 is 0. The molecule has 2 aliphatic rings. The van der Waals surface area contributed by atoms with Gasteiger partial charge in [0.1, 0.15) is 5.78 Å². The van der Waals surface area contributed by atoms with E-state index < -0.39 is 0 Å². The lowest BCUT2D eigenvalue weighted by molar-refractivity contribution is -0.124. The molecule has 3 atom stereocenters. The molecule has 22 heavy (non-hydrogen) atoms. The maximum atomic E-state index is 12.5. The number of piperidine rings is 1. The van der Waals surface area contributed by atoms with Crippen LogP contribution in [0.4, 0.5) is 0 Å². The van der Waals surface area contributed by atoms with Crippen LogP contribution in [0.3, 0.4) is 0 Å². The Balaban J connectivity index is 0.00000116. The number of Topliss-reactive ketones (excluding diaryl/α,β-unsaturated/α-hetero) is 1. The zero-order chi connectivity index (χ0) is 16.4. The normalized spacial score (nSPS) is 29.3. The van der Waals surface area contributed by atoms with Gasteiger partial charge < -0.3 is 5.32 Å². The SMILES string of the molecule is C=C.CC/C=C\CC1C(C)CCC1CC(=O)C1CCNCC1. The molecule has 1 heterocycles. The van der Waals surface area contributed by atoms with E-state index >= 15 is 0 Å². The lowest BCUT2D eigenvalue weighted by Crippen LogP contribution is -2.33. The topological polar surface area (TPSA) is 29.1 Å². The molecule has 0 bridgehead atoms. The summed E-state index contributed by atoms with van der Waals surface area (Å²) in [5, 5.41) is 3.35. The second-order valence-electron chi connectivity index (χ2n) is 6.79. The molecule has 0 aromatic rings. The van der Waals surface area contributed by atoms with Gasteiger partial charge >= 0.3 is 0 Å². The van der Waals surface area contributed by atoms with E-state index in [4.69, 9.17) is 0 Å². The third-order valence-corrected chi connectivity index (χ3v) is 5.40. The Morgan fingerprint density at radius 3 is 2.45 bits per heavy atom. The van der Waals surface area contributed by atoms with Crippen LogP contribution in [0.25, 0.3) is 0 Å². The molecule has 1 saturated heterocycles. The smallest absolute Gasteiger partial charge is 0.136 e. The molecule has 2 nitrogen and oxygen atoms in total. The molecule has 2 fully saturated rings. The van der Waals surface area contributed by atoms with Gasteiger partial charge in [-0.25, -0.2) is 0 Å². The fourth-order valence-electron chi connectivity index (χ4n) is 4.04. The summed E-state index contributed by atoms with van der Waals surface area (Å²) in [7, 11) is 0. The zero-order valence-corrected chi connectivity index (χ0v) is 14.7. The quantitative estimate of drug-likeness (QED) is 0.716. The fraction of sp³-hybridized carbons (Fsp3) is 0.750. The Morgan fingerprint density at radius 1 is 1.14 bits per heavy atom. The molecule has 0 aromatic carbocycles. The first kappa shape index (κ1) is 19.2. The van der Waals surface area contributed by atoms with Crippen molar-refractivity contribution in [1.82, 2.24) is 5.32 Å². The van der Waals surface area contributed by atoms with Gasteiger partial charge in [0.25, 0.3) is 0 Å². The molecule has 0 aromatic heterocycles. The number of rotatable bonds is 6. The monoisotopic (exact) mass is 305 g/mol. The number of carbonyl (C=O) groups excluding carboxylic acids is 1. The highest BCUT2D eigenvalue weighted by atomic mass is 16.1. The van der Waals surface area contributed by atoms with Crippen LogP contribution in [0.15, 0.2) is 25.3 Å². The first-order chi connectivity index (χ1) is 10.7. The van der Waals surface area contributed by atoms with Gasteiger partial charge in [0.05, 0.1) is 0 Å². The standard InChI is InChI=1S/C18H31NO.C2H4/c1-3-4-5-6-17-14(2)7-8-16(17)13-18(20)15-9-11-19-12-10-15;1-2/h4-5,14-17,19H,3,6-13H2,1-2H3;1-2H2/b5-4-;. The van der Waals surface area contributed by atoms with Crippen molar-refractivity contribution in [3.05, 3.63) is 25.3 Å². The van der Waals surface area contributed by atoms with Gasteiger partial charge in [0.15, 0.2) is 0 Å². The molecule has 1 aliphatic heterocycles. The highest BCUT2D eigenvalue weighted by Gasteiger charge is 2.35. The largest absolute Gasteiger partial charge is 0.317 e. The summed E-state index contributed by atoms with van der Waals surface area (Å²) in [4.78, 5) is 12.5. The van der Waals surface area contributed by atoms with Crippen molar-refractivity contribution in [3.63, 3.8) is 0 Å². The number of ketones is 1. The molecule has 3 unspecified atom stereocenters. The van der Waals surface area contributed by atoms with Crippen molar-refractivity contribution < 1.29 is 4.79 Å². The summed E-state index contributed by atoms with van der Waals surface area (Å²) in [5.41, 5.74) is 0. The molecule has 1 saturated carbocycles. The molecular weight excluding hydrogens is 270 g/mol. The summed E-state index contributed by atoms with van der Waals surface area (Å²) >= 11 is 0. The second kappa shape index (κ2) is 10.8. The van der Waals surface area contributed by atoms with Crippen LogP contribution in [0.2, 0.25) is 0 Å². The van der Waals surface area contributed by atoms with Gasteiger partial charge in [-0.2, -0.15) is 0 Å². The minimum absolute atomic E-state index is 0.346. The summed E-state index contributed by atoms with van der Waals surface area (Å²) in [6.07, 6.45) is 12.5. The predicted molar refractivity (Wildman–Crippen MR) is 95.9 cm³/mol. The van der Waals surface area contributed by atoms with Crippen LogP contribution in [0, 0.1) is 23.7 Å². The van der Waals surface area contributed by atoms with E-state index in [1.807, 2.05) is 0 Å². The van der Waals surface area contributed by atoms with Gasteiger partial charge in [-0.15, -0.1) is 13.2 Å². The van der Waals surface area contributed by atoms with Crippen LogP contribution in [-0.4, -0.2) is 18.9 Å². The molecule has 0 amide bonds. The molecule has 1 aliphatic carbocycles. The minimum atomic E-state index is 0.346. The van der Waals surface area contributed by atoms with E-state index in [-0.39, 0.29) is 0 Å². The van der Waals surface area contributed by atoms with Crippen LogP contribution in [0.5, 0.6) is 0 Å². The third kappa shape index (κ3) is 5.72. The molecule has 0 spiro atoms. The Labute approximate surface area is 137 Å². The van der Waals surface area contributed by atoms with Crippen molar-refractivity contribution in [2.45, 2.75) is 58.8 Å². The van der Waals surface area contributed by atoms with Gasteiger partial charge in [-0.05, 0) is 62.9 Å². The Morgan fingerprint density at radius 2 is 1.82 bits per heavy atom. The lowest BCUT2D eigenvalue weighted by atomic mass is 9.81. The first-order valence-electron chi connectivity index (χ1n) is 9.10. The summed E-state index contributed by atoms with van der Waals surface area (Å²) in [6.45, 7) is 12.6. The highest BCUT2D eigenvalue weighted by Crippen LogP contribution is 2.41. The number of nitrogens with one attached hydrogen (secondary N) is 1. The van der Waals surface area contributed by atoms with Crippen molar-refractivity contribution in [2.24, 2.45) is 23.7 Å². The summed E-state index contributed by atoms with van der Waals surface area (Å²) in [6, 6.07) is 0. The molecule has 2 rings (SSSR count). The molecule has 2 heteroatoms. The Kier molecular flexibility index (Phi) is 9.38. The third-order valence-electron chi connectivity index (χ3n) is 5.40. The zero-order valence-electron chi connectivity index (χ0n) is 14.7.